The minimum absolute atomic E-state index is 0.0989. The fraction of sp³-hybridized carbons (Fsp3) is 0.190. The molecule has 1 atom stereocenters. The van der Waals surface area contributed by atoms with Crippen LogP contribution in [0.5, 0.6) is 0 Å². The number of nitrogens with zero attached hydrogens (tertiary/aromatic N) is 4. The molecule has 0 amide bonds. The van der Waals surface area contributed by atoms with Crippen molar-refractivity contribution in [2.45, 2.75) is 26.8 Å². The molecule has 0 unspecified atom stereocenters. The monoisotopic (exact) mass is 343 g/mol. The highest BCUT2D eigenvalue weighted by Crippen LogP contribution is 2.25. The van der Waals surface area contributed by atoms with Gasteiger partial charge in [0, 0.05) is 29.6 Å². The second kappa shape index (κ2) is 6.59. The molecular weight excluding hydrogens is 322 g/mol. The van der Waals surface area contributed by atoms with Crippen molar-refractivity contribution < 1.29 is 0 Å². The van der Waals surface area contributed by atoms with Crippen LogP contribution in [0.3, 0.4) is 0 Å². The van der Waals surface area contributed by atoms with Crippen LogP contribution in [0, 0.1) is 13.8 Å². The number of aromatic nitrogens is 4. The van der Waals surface area contributed by atoms with Crippen molar-refractivity contribution >= 4 is 11.5 Å². The van der Waals surface area contributed by atoms with E-state index in [1.54, 1.807) is 0 Å². The molecule has 0 bridgehead atoms. The zero-order chi connectivity index (χ0) is 18.1. The third-order valence-electron chi connectivity index (χ3n) is 4.42. The molecule has 130 valence electrons. The normalized spacial score (nSPS) is 12.3. The van der Waals surface area contributed by atoms with E-state index in [-0.39, 0.29) is 6.04 Å². The van der Waals surface area contributed by atoms with Gasteiger partial charge in [-0.15, -0.1) is 0 Å². The molecule has 0 fully saturated rings. The van der Waals surface area contributed by atoms with Gasteiger partial charge in [-0.25, -0.2) is 4.98 Å². The van der Waals surface area contributed by atoms with E-state index in [1.165, 1.54) is 0 Å². The topological polar surface area (TPSA) is 55.1 Å². The first-order chi connectivity index (χ1) is 12.6. The number of nitrogens with one attached hydrogen (secondary N) is 1. The Morgan fingerprint density at radius 3 is 2.50 bits per heavy atom. The van der Waals surface area contributed by atoms with E-state index in [2.05, 4.69) is 40.5 Å². The van der Waals surface area contributed by atoms with Gasteiger partial charge in [-0.05, 0) is 32.4 Å². The van der Waals surface area contributed by atoms with Crippen molar-refractivity contribution in [3.05, 3.63) is 77.7 Å². The number of rotatable bonds is 4. The van der Waals surface area contributed by atoms with Gasteiger partial charge >= 0.3 is 0 Å². The molecule has 0 saturated carbocycles. The molecule has 5 nitrogen and oxygen atoms in total. The standard InChI is InChI=1S/C21H21N5/c1-14-9-10-18(13-22-14)16(3)23-21-12-19(17-7-5-4-6-8-17)24-20-11-15(2)25-26(20)21/h4-13,16,23H,1-3H3/t16-/m0/s1. The summed E-state index contributed by atoms with van der Waals surface area (Å²) >= 11 is 0. The lowest BCUT2D eigenvalue weighted by Crippen LogP contribution is -2.11. The van der Waals surface area contributed by atoms with Crippen molar-refractivity contribution in [2.75, 3.05) is 5.32 Å². The van der Waals surface area contributed by atoms with Crippen LogP contribution < -0.4 is 5.32 Å². The van der Waals surface area contributed by atoms with Crippen molar-refractivity contribution in [1.82, 2.24) is 19.6 Å². The molecule has 0 radical (unpaired) electrons. The highest BCUT2D eigenvalue weighted by Gasteiger charge is 2.13. The molecule has 1 N–H and O–H groups in total. The number of hydrogen-bond acceptors (Lipinski definition) is 4. The van der Waals surface area contributed by atoms with Crippen LogP contribution in [0.4, 0.5) is 5.82 Å². The summed E-state index contributed by atoms with van der Waals surface area (Å²) in [6.07, 6.45) is 1.91. The fourth-order valence-electron chi connectivity index (χ4n) is 2.99. The Kier molecular flexibility index (Phi) is 4.13. The molecule has 1 aromatic carbocycles. The van der Waals surface area contributed by atoms with E-state index in [9.17, 15) is 0 Å². The van der Waals surface area contributed by atoms with Gasteiger partial charge in [-0.2, -0.15) is 9.61 Å². The molecule has 3 heterocycles. The summed E-state index contributed by atoms with van der Waals surface area (Å²) < 4.78 is 1.86. The lowest BCUT2D eigenvalue weighted by molar-refractivity contribution is 0.830. The molecule has 4 rings (SSSR count). The second-order valence-corrected chi connectivity index (χ2v) is 6.55. The van der Waals surface area contributed by atoms with Crippen LogP contribution in [0.2, 0.25) is 0 Å². The maximum atomic E-state index is 4.77. The van der Waals surface area contributed by atoms with Crippen LogP contribution >= 0.6 is 0 Å². The Morgan fingerprint density at radius 1 is 0.962 bits per heavy atom. The Morgan fingerprint density at radius 2 is 1.77 bits per heavy atom. The van der Waals surface area contributed by atoms with Crippen LogP contribution in [-0.4, -0.2) is 19.6 Å². The van der Waals surface area contributed by atoms with Crippen LogP contribution in [0.1, 0.15) is 29.9 Å². The number of anilines is 1. The number of fused-ring (bicyclic) bond motifs is 1. The summed E-state index contributed by atoms with van der Waals surface area (Å²) in [7, 11) is 0. The molecule has 3 aromatic heterocycles. The summed E-state index contributed by atoms with van der Waals surface area (Å²) in [6.45, 7) is 6.10. The van der Waals surface area contributed by atoms with E-state index in [4.69, 9.17) is 4.98 Å². The Hall–Kier alpha value is -3.21. The molecular formula is C21H21N5. The minimum atomic E-state index is 0.0989. The van der Waals surface area contributed by atoms with Gasteiger partial charge in [-0.3, -0.25) is 4.98 Å². The smallest absolute Gasteiger partial charge is 0.158 e. The number of aryl methyl sites for hydroxylation is 2. The number of hydrogen-bond donors (Lipinski definition) is 1. The van der Waals surface area contributed by atoms with Gasteiger partial charge in [0.1, 0.15) is 5.82 Å². The molecule has 0 spiro atoms. The van der Waals surface area contributed by atoms with E-state index >= 15 is 0 Å². The zero-order valence-corrected chi connectivity index (χ0v) is 15.1. The molecule has 0 aliphatic heterocycles. The van der Waals surface area contributed by atoms with E-state index in [1.807, 2.05) is 61.0 Å². The Bertz CT molecular complexity index is 1040. The summed E-state index contributed by atoms with van der Waals surface area (Å²) in [5, 5.41) is 8.15. The Labute approximate surface area is 152 Å². The molecule has 5 heteroatoms. The van der Waals surface area contributed by atoms with E-state index in [0.29, 0.717) is 0 Å². The number of benzene rings is 1. The largest absolute Gasteiger partial charge is 0.363 e. The molecule has 0 aliphatic carbocycles. The predicted octanol–water partition coefficient (Wildman–Crippen LogP) is 4.58. The minimum Gasteiger partial charge on any atom is -0.363 e. The average molecular weight is 343 g/mol. The first-order valence-electron chi connectivity index (χ1n) is 8.72. The Balaban J connectivity index is 1.76. The summed E-state index contributed by atoms with van der Waals surface area (Å²) in [5.74, 6) is 0.912. The maximum Gasteiger partial charge on any atom is 0.158 e. The molecule has 26 heavy (non-hydrogen) atoms. The third-order valence-corrected chi connectivity index (χ3v) is 4.42. The number of pyridine rings is 1. The highest BCUT2D eigenvalue weighted by atomic mass is 15.3. The van der Waals surface area contributed by atoms with Crippen LogP contribution in [0.15, 0.2) is 60.8 Å². The predicted molar refractivity (Wildman–Crippen MR) is 104 cm³/mol. The second-order valence-electron chi connectivity index (χ2n) is 6.55. The van der Waals surface area contributed by atoms with Gasteiger partial charge in [-0.1, -0.05) is 36.4 Å². The van der Waals surface area contributed by atoms with E-state index < -0.39 is 0 Å². The van der Waals surface area contributed by atoms with Crippen molar-refractivity contribution in [3.8, 4) is 11.3 Å². The average Bonchev–Trinajstić information content (AvgIpc) is 3.03. The highest BCUT2D eigenvalue weighted by molar-refractivity contribution is 5.66. The first-order valence-corrected chi connectivity index (χ1v) is 8.72. The van der Waals surface area contributed by atoms with Gasteiger partial charge in [0.15, 0.2) is 5.65 Å². The lowest BCUT2D eigenvalue weighted by atomic mass is 10.1. The van der Waals surface area contributed by atoms with Gasteiger partial charge in [0.25, 0.3) is 0 Å². The van der Waals surface area contributed by atoms with Crippen molar-refractivity contribution in [2.24, 2.45) is 0 Å². The van der Waals surface area contributed by atoms with Gasteiger partial charge in [0.05, 0.1) is 17.4 Å². The summed E-state index contributed by atoms with van der Waals surface area (Å²) in [5.41, 5.74) is 5.93. The zero-order valence-electron chi connectivity index (χ0n) is 15.1. The van der Waals surface area contributed by atoms with Crippen molar-refractivity contribution in [3.63, 3.8) is 0 Å². The van der Waals surface area contributed by atoms with Crippen molar-refractivity contribution in [1.29, 1.82) is 0 Å². The van der Waals surface area contributed by atoms with Gasteiger partial charge in [0.2, 0.25) is 0 Å². The molecule has 0 saturated heterocycles. The van der Waals surface area contributed by atoms with Crippen LogP contribution in [0.25, 0.3) is 16.9 Å². The molecule has 0 aliphatic rings. The van der Waals surface area contributed by atoms with Gasteiger partial charge < -0.3 is 5.32 Å². The maximum absolute atomic E-state index is 4.77. The summed E-state index contributed by atoms with van der Waals surface area (Å²) in [6, 6.07) is 18.5. The third kappa shape index (κ3) is 3.16. The first kappa shape index (κ1) is 16.3. The summed E-state index contributed by atoms with van der Waals surface area (Å²) in [4.78, 5) is 9.17. The molecule has 4 aromatic rings. The van der Waals surface area contributed by atoms with Crippen LogP contribution in [-0.2, 0) is 0 Å². The van der Waals surface area contributed by atoms with E-state index in [0.717, 1.165) is 39.7 Å². The SMILES string of the molecule is Cc1ccc([C@H](C)Nc2cc(-c3ccccc3)nc3cc(C)nn23)cn1. The fourth-order valence-corrected chi connectivity index (χ4v) is 2.99. The quantitative estimate of drug-likeness (QED) is 0.589. The lowest BCUT2D eigenvalue weighted by Gasteiger charge is -2.17.